The average Bonchev–Trinajstić information content (AvgIpc) is 2.57. The minimum Gasteiger partial charge on any atom is -0.365 e. The normalized spacial score (nSPS) is 29.0. The molecule has 6 heteroatoms. The van der Waals surface area contributed by atoms with Crippen LogP contribution in [0.5, 0.6) is 0 Å². The highest BCUT2D eigenvalue weighted by Gasteiger charge is 2.26. The van der Waals surface area contributed by atoms with Gasteiger partial charge in [0.15, 0.2) is 0 Å². The van der Waals surface area contributed by atoms with Crippen molar-refractivity contribution in [3.63, 3.8) is 0 Å². The summed E-state index contributed by atoms with van der Waals surface area (Å²) in [4.78, 5) is 8.99. The molecule has 1 aliphatic heterocycles. The third-order valence-corrected chi connectivity index (χ3v) is 6.07. The zero-order valence-electron chi connectivity index (χ0n) is 14.4. The molecule has 2 fully saturated rings. The van der Waals surface area contributed by atoms with Crippen molar-refractivity contribution in [2.75, 3.05) is 31.1 Å². The molecule has 24 heavy (non-hydrogen) atoms. The fourth-order valence-corrected chi connectivity index (χ4v) is 4.42. The van der Waals surface area contributed by atoms with Crippen LogP contribution >= 0.6 is 23.2 Å². The first-order chi connectivity index (χ1) is 11.5. The van der Waals surface area contributed by atoms with E-state index in [0.717, 1.165) is 31.2 Å². The summed E-state index contributed by atoms with van der Waals surface area (Å²) < 4.78 is 0. The van der Waals surface area contributed by atoms with E-state index < -0.39 is 0 Å². The Bertz CT molecular complexity index is 546. The van der Waals surface area contributed by atoms with Crippen molar-refractivity contribution < 1.29 is 0 Å². The number of nitrogens with two attached hydrogens (primary N) is 1. The SMILES string of the molecule is CC1CN(CCC2CCC(N)CC2)CCN1c1cc(Cl)ncc1Cl. The highest BCUT2D eigenvalue weighted by Crippen LogP contribution is 2.31. The van der Waals surface area contributed by atoms with Crippen molar-refractivity contribution in [1.29, 1.82) is 0 Å². The molecule has 0 bridgehead atoms. The van der Waals surface area contributed by atoms with Gasteiger partial charge in [-0.2, -0.15) is 0 Å². The first kappa shape index (κ1) is 18.2. The maximum Gasteiger partial charge on any atom is 0.131 e. The van der Waals surface area contributed by atoms with Gasteiger partial charge in [0.25, 0.3) is 0 Å². The second-order valence-corrected chi connectivity index (χ2v) is 8.17. The summed E-state index contributed by atoms with van der Waals surface area (Å²) in [6.07, 6.45) is 7.98. The van der Waals surface area contributed by atoms with Crippen molar-refractivity contribution in [3.8, 4) is 0 Å². The molecule has 2 N–H and O–H groups in total. The van der Waals surface area contributed by atoms with Crippen molar-refractivity contribution in [2.45, 2.75) is 51.1 Å². The van der Waals surface area contributed by atoms with E-state index in [1.165, 1.54) is 38.6 Å². The van der Waals surface area contributed by atoms with Crippen LogP contribution in [0.25, 0.3) is 0 Å². The Kier molecular flexibility index (Phi) is 6.25. The molecule has 1 aliphatic carbocycles. The van der Waals surface area contributed by atoms with Crippen LogP contribution in [-0.4, -0.2) is 48.1 Å². The number of rotatable bonds is 4. The third-order valence-electron chi connectivity index (χ3n) is 5.57. The zero-order chi connectivity index (χ0) is 17.1. The van der Waals surface area contributed by atoms with Crippen LogP contribution in [0, 0.1) is 5.92 Å². The molecule has 1 unspecified atom stereocenters. The van der Waals surface area contributed by atoms with Gasteiger partial charge in [-0.15, -0.1) is 0 Å². The first-order valence-corrected chi connectivity index (χ1v) is 9.84. The highest BCUT2D eigenvalue weighted by atomic mass is 35.5. The minimum absolute atomic E-state index is 0.425. The smallest absolute Gasteiger partial charge is 0.131 e. The summed E-state index contributed by atoms with van der Waals surface area (Å²) in [5.74, 6) is 0.867. The van der Waals surface area contributed by atoms with Crippen LogP contribution < -0.4 is 10.6 Å². The maximum absolute atomic E-state index is 6.32. The van der Waals surface area contributed by atoms with E-state index in [2.05, 4.69) is 21.7 Å². The Morgan fingerprint density at radius 2 is 1.96 bits per heavy atom. The second kappa shape index (κ2) is 8.22. The van der Waals surface area contributed by atoms with E-state index in [1.54, 1.807) is 6.20 Å². The number of pyridine rings is 1. The Morgan fingerprint density at radius 3 is 2.67 bits per heavy atom. The number of anilines is 1. The number of nitrogens with zero attached hydrogens (tertiary/aromatic N) is 3. The van der Waals surface area contributed by atoms with Gasteiger partial charge < -0.3 is 10.6 Å². The van der Waals surface area contributed by atoms with Crippen molar-refractivity contribution in [1.82, 2.24) is 9.88 Å². The molecule has 2 aliphatic rings. The number of hydrogen-bond acceptors (Lipinski definition) is 4. The molecule has 1 aromatic rings. The highest BCUT2D eigenvalue weighted by molar-refractivity contribution is 6.34. The summed E-state index contributed by atoms with van der Waals surface area (Å²) in [6, 6.07) is 2.75. The molecule has 1 aromatic heterocycles. The van der Waals surface area contributed by atoms with Gasteiger partial charge in [-0.3, -0.25) is 4.90 Å². The predicted octanol–water partition coefficient (Wildman–Crippen LogP) is 3.81. The number of piperazine rings is 1. The topological polar surface area (TPSA) is 45.4 Å². The van der Waals surface area contributed by atoms with Crippen molar-refractivity contribution in [2.24, 2.45) is 11.7 Å². The lowest BCUT2D eigenvalue weighted by Gasteiger charge is -2.42. The van der Waals surface area contributed by atoms with Gasteiger partial charge in [0.2, 0.25) is 0 Å². The van der Waals surface area contributed by atoms with Crippen LogP contribution in [0.3, 0.4) is 0 Å². The molecule has 3 rings (SSSR count). The molecule has 2 heterocycles. The Labute approximate surface area is 155 Å². The monoisotopic (exact) mass is 370 g/mol. The predicted molar refractivity (Wildman–Crippen MR) is 102 cm³/mol. The van der Waals surface area contributed by atoms with Gasteiger partial charge in [0, 0.05) is 44.0 Å². The fraction of sp³-hybridized carbons (Fsp3) is 0.722. The lowest BCUT2D eigenvalue weighted by molar-refractivity contribution is 0.198. The van der Waals surface area contributed by atoms with Gasteiger partial charge in [-0.25, -0.2) is 4.98 Å². The number of aromatic nitrogens is 1. The van der Waals surface area contributed by atoms with Crippen LogP contribution in [0.4, 0.5) is 5.69 Å². The molecule has 134 valence electrons. The van der Waals surface area contributed by atoms with Gasteiger partial charge in [0.05, 0.1) is 10.7 Å². The Balaban J connectivity index is 1.51. The molecule has 1 saturated heterocycles. The molecule has 0 aromatic carbocycles. The molecule has 1 saturated carbocycles. The van der Waals surface area contributed by atoms with E-state index in [0.29, 0.717) is 22.3 Å². The average molecular weight is 371 g/mol. The standard InChI is InChI=1S/C18H28Cl2N4/c1-13-12-23(7-6-14-2-4-15(21)5-3-14)8-9-24(13)17-10-18(20)22-11-16(17)19/h10-11,13-15H,2-9,12,21H2,1H3. The zero-order valence-corrected chi connectivity index (χ0v) is 15.9. The Morgan fingerprint density at radius 1 is 1.21 bits per heavy atom. The number of halogens is 2. The molecule has 4 nitrogen and oxygen atoms in total. The third kappa shape index (κ3) is 4.54. The first-order valence-electron chi connectivity index (χ1n) is 9.08. The van der Waals surface area contributed by atoms with E-state index in [-0.39, 0.29) is 0 Å². The summed E-state index contributed by atoms with van der Waals surface area (Å²) >= 11 is 12.4. The number of hydrogen-bond donors (Lipinski definition) is 1. The molecule has 0 amide bonds. The molecule has 0 radical (unpaired) electrons. The van der Waals surface area contributed by atoms with Crippen molar-refractivity contribution >= 4 is 28.9 Å². The van der Waals surface area contributed by atoms with Gasteiger partial charge >= 0.3 is 0 Å². The quantitative estimate of drug-likeness (QED) is 0.818. The van der Waals surface area contributed by atoms with E-state index in [9.17, 15) is 0 Å². The largest absolute Gasteiger partial charge is 0.365 e. The lowest BCUT2D eigenvalue weighted by atomic mass is 9.84. The van der Waals surface area contributed by atoms with Crippen molar-refractivity contribution in [3.05, 3.63) is 22.4 Å². The van der Waals surface area contributed by atoms with Gasteiger partial charge in [0.1, 0.15) is 5.15 Å². The van der Waals surface area contributed by atoms with Gasteiger partial charge in [-0.1, -0.05) is 23.2 Å². The lowest BCUT2D eigenvalue weighted by Crippen LogP contribution is -2.52. The van der Waals surface area contributed by atoms with Crippen LogP contribution in [-0.2, 0) is 0 Å². The van der Waals surface area contributed by atoms with Crippen LogP contribution in [0.2, 0.25) is 10.2 Å². The van der Waals surface area contributed by atoms with E-state index in [1.807, 2.05) is 6.07 Å². The minimum atomic E-state index is 0.425. The second-order valence-electron chi connectivity index (χ2n) is 7.37. The summed E-state index contributed by atoms with van der Waals surface area (Å²) in [6.45, 7) is 6.59. The molecule has 1 atom stereocenters. The summed E-state index contributed by atoms with van der Waals surface area (Å²) in [5, 5.41) is 1.18. The summed E-state index contributed by atoms with van der Waals surface area (Å²) in [5.41, 5.74) is 7.01. The fourth-order valence-electron chi connectivity index (χ4n) is 4.06. The van der Waals surface area contributed by atoms with Crippen LogP contribution in [0.15, 0.2) is 12.3 Å². The maximum atomic E-state index is 6.32. The molecular weight excluding hydrogens is 343 g/mol. The molecule has 0 spiro atoms. The van der Waals surface area contributed by atoms with Gasteiger partial charge in [-0.05, 0) is 51.5 Å². The molecular formula is C18H28Cl2N4. The Hall–Kier alpha value is -0.550. The van der Waals surface area contributed by atoms with E-state index >= 15 is 0 Å². The van der Waals surface area contributed by atoms with Crippen LogP contribution in [0.1, 0.15) is 39.0 Å². The summed E-state index contributed by atoms with van der Waals surface area (Å²) in [7, 11) is 0. The van der Waals surface area contributed by atoms with E-state index in [4.69, 9.17) is 28.9 Å².